The molecule has 0 radical (unpaired) electrons. The number of nitrogens with zero attached hydrogens (tertiary/aromatic N) is 3. The van der Waals surface area contributed by atoms with Crippen LogP contribution < -0.4 is 10.5 Å². The van der Waals surface area contributed by atoms with Crippen molar-refractivity contribution in [2.75, 3.05) is 31.1 Å². The van der Waals surface area contributed by atoms with Crippen molar-refractivity contribution in [1.82, 2.24) is 14.9 Å². The predicted octanol–water partition coefficient (Wildman–Crippen LogP) is 4.62. The van der Waals surface area contributed by atoms with Crippen LogP contribution in [-0.2, 0) is 10.5 Å². The van der Waals surface area contributed by atoms with Crippen LogP contribution in [0, 0.1) is 0 Å². The second kappa shape index (κ2) is 10.0. The summed E-state index contributed by atoms with van der Waals surface area (Å²) in [5, 5.41) is 2.42. The average molecular weight is 491 g/mol. The normalized spacial score (nSPS) is 15.0. The van der Waals surface area contributed by atoms with Crippen LogP contribution in [0.1, 0.15) is 12.7 Å². The number of aromatic nitrogens is 2. The largest absolute Gasteiger partial charge is 0.368 e. The molecule has 1 aliphatic rings. The second-order valence-electron chi connectivity index (χ2n) is 8.31. The molecular weight excluding hydrogens is 464 g/mol. The molecule has 2 aromatic carbocycles. The van der Waals surface area contributed by atoms with Gasteiger partial charge in [-0.1, -0.05) is 48.5 Å². The number of amides is 1. The summed E-state index contributed by atoms with van der Waals surface area (Å²) >= 11 is 2.99. The van der Waals surface area contributed by atoms with Crippen molar-refractivity contribution in [3.63, 3.8) is 0 Å². The van der Waals surface area contributed by atoms with E-state index in [-0.39, 0.29) is 16.7 Å². The average Bonchev–Trinajstić information content (AvgIpc) is 3.33. The molecule has 1 fully saturated rings. The Hall–Kier alpha value is -3.10. The minimum absolute atomic E-state index is 0.128. The first-order valence-electron chi connectivity index (χ1n) is 11.4. The summed E-state index contributed by atoms with van der Waals surface area (Å²) in [6, 6.07) is 20.2. The molecule has 2 aromatic heterocycles. The Morgan fingerprint density at radius 1 is 1.06 bits per heavy atom. The number of hydrogen-bond donors (Lipinski definition) is 1. The number of nitrogens with one attached hydrogen (secondary N) is 1. The van der Waals surface area contributed by atoms with Gasteiger partial charge in [0.15, 0.2) is 0 Å². The molecule has 0 saturated carbocycles. The lowest BCUT2D eigenvalue weighted by molar-refractivity contribution is -0.130. The lowest BCUT2D eigenvalue weighted by Crippen LogP contribution is -2.50. The van der Waals surface area contributed by atoms with Crippen LogP contribution in [0.3, 0.4) is 0 Å². The Morgan fingerprint density at radius 3 is 2.44 bits per heavy atom. The predicted molar refractivity (Wildman–Crippen MR) is 142 cm³/mol. The van der Waals surface area contributed by atoms with Crippen LogP contribution in [-0.4, -0.2) is 52.2 Å². The minimum Gasteiger partial charge on any atom is -0.368 e. The Labute approximate surface area is 206 Å². The molecule has 5 rings (SSSR count). The smallest absolute Gasteiger partial charge is 0.260 e. The highest BCUT2D eigenvalue weighted by Crippen LogP contribution is 2.31. The van der Waals surface area contributed by atoms with E-state index in [2.05, 4.69) is 27.0 Å². The number of carbonyl (C=O) groups excluding carboxylic acids is 1. The SMILES string of the molecule is CC(SCc1nc2scc(-c3ccccc3)c2c(=O)[nH]1)C(=O)N1CCN(c2ccccc2)CC1. The number of aromatic amines is 1. The van der Waals surface area contributed by atoms with Crippen LogP contribution in [0.2, 0.25) is 0 Å². The molecule has 4 aromatic rings. The first-order valence-corrected chi connectivity index (χ1v) is 13.3. The highest BCUT2D eigenvalue weighted by atomic mass is 32.2. The zero-order valence-corrected chi connectivity index (χ0v) is 20.6. The van der Waals surface area contributed by atoms with Gasteiger partial charge in [0.2, 0.25) is 5.91 Å². The van der Waals surface area contributed by atoms with Crippen molar-refractivity contribution in [1.29, 1.82) is 0 Å². The van der Waals surface area contributed by atoms with E-state index in [0.717, 1.165) is 42.1 Å². The number of hydrogen-bond acceptors (Lipinski definition) is 6. The van der Waals surface area contributed by atoms with Crippen molar-refractivity contribution < 1.29 is 4.79 Å². The van der Waals surface area contributed by atoms with Gasteiger partial charge in [0.25, 0.3) is 5.56 Å². The van der Waals surface area contributed by atoms with Crippen molar-refractivity contribution in [2.45, 2.75) is 17.9 Å². The highest BCUT2D eigenvalue weighted by Gasteiger charge is 2.25. The van der Waals surface area contributed by atoms with E-state index in [1.165, 1.54) is 28.8 Å². The van der Waals surface area contributed by atoms with Crippen LogP contribution in [0.5, 0.6) is 0 Å². The van der Waals surface area contributed by atoms with Gasteiger partial charge in [0.05, 0.1) is 16.4 Å². The summed E-state index contributed by atoms with van der Waals surface area (Å²) < 4.78 is 0. The minimum atomic E-state index is -0.201. The number of piperazine rings is 1. The molecule has 3 heterocycles. The number of rotatable bonds is 6. The van der Waals surface area contributed by atoms with Crippen molar-refractivity contribution >= 4 is 44.9 Å². The fourth-order valence-corrected chi connectivity index (χ4v) is 6.05. The molecule has 0 bridgehead atoms. The van der Waals surface area contributed by atoms with E-state index in [9.17, 15) is 9.59 Å². The molecular formula is C26H26N4O2S2. The molecule has 34 heavy (non-hydrogen) atoms. The summed E-state index contributed by atoms with van der Waals surface area (Å²) in [5.41, 5.74) is 2.99. The van der Waals surface area contributed by atoms with Gasteiger partial charge in [0.1, 0.15) is 10.7 Å². The molecule has 0 aliphatic carbocycles. The summed E-state index contributed by atoms with van der Waals surface area (Å²) in [7, 11) is 0. The highest BCUT2D eigenvalue weighted by molar-refractivity contribution is 7.99. The first kappa shape index (κ1) is 22.7. The third-order valence-corrected chi connectivity index (χ3v) is 8.12. The van der Waals surface area contributed by atoms with Crippen LogP contribution in [0.15, 0.2) is 70.8 Å². The number of thiophene rings is 1. The molecule has 8 heteroatoms. The van der Waals surface area contributed by atoms with Crippen LogP contribution >= 0.6 is 23.1 Å². The Balaban J connectivity index is 1.21. The second-order valence-corrected chi connectivity index (χ2v) is 10.5. The van der Waals surface area contributed by atoms with Crippen molar-refractivity contribution in [3.8, 4) is 11.1 Å². The third kappa shape index (κ3) is 4.74. The van der Waals surface area contributed by atoms with Gasteiger partial charge in [-0.3, -0.25) is 9.59 Å². The van der Waals surface area contributed by atoms with Crippen LogP contribution in [0.25, 0.3) is 21.3 Å². The van der Waals surface area contributed by atoms with E-state index in [1.807, 2.05) is 65.7 Å². The number of thioether (sulfide) groups is 1. The third-order valence-electron chi connectivity index (χ3n) is 6.11. The maximum atomic E-state index is 13.0. The molecule has 0 spiro atoms. The van der Waals surface area contributed by atoms with E-state index >= 15 is 0 Å². The molecule has 1 N–H and O–H groups in total. The topological polar surface area (TPSA) is 69.3 Å². The molecule has 1 saturated heterocycles. The Bertz CT molecular complexity index is 1330. The van der Waals surface area contributed by atoms with Gasteiger partial charge >= 0.3 is 0 Å². The summed E-state index contributed by atoms with van der Waals surface area (Å²) in [6.45, 7) is 5.04. The first-order chi connectivity index (χ1) is 16.6. The Morgan fingerprint density at radius 2 is 1.74 bits per heavy atom. The van der Waals surface area contributed by atoms with Gasteiger partial charge in [-0.05, 0) is 24.6 Å². The van der Waals surface area contributed by atoms with Gasteiger partial charge in [-0.25, -0.2) is 4.98 Å². The van der Waals surface area contributed by atoms with Crippen molar-refractivity contribution in [3.05, 3.63) is 82.2 Å². The fourth-order valence-electron chi connectivity index (χ4n) is 4.25. The number of para-hydroxylation sites is 1. The van der Waals surface area contributed by atoms with E-state index in [4.69, 9.17) is 0 Å². The monoisotopic (exact) mass is 490 g/mol. The number of carbonyl (C=O) groups is 1. The quantitative estimate of drug-likeness (QED) is 0.427. The van der Waals surface area contributed by atoms with Gasteiger partial charge < -0.3 is 14.8 Å². The van der Waals surface area contributed by atoms with Crippen molar-refractivity contribution in [2.24, 2.45) is 0 Å². The number of H-pyrrole nitrogens is 1. The number of anilines is 1. The van der Waals surface area contributed by atoms with Gasteiger partial charge in [-0.15, -0.1) is 23.1 Å². The van der Waals surface area contributed by atoms with Crippen LogP contribution in [0.4, 0.5) is 5.69 Å². The summed E-state index contributed by atoms with van der Waals surface area (Å²) in [5.74, 6) is 1.24. The maximum Gasteiger partial charge on any atom is 0.260 e. The number of benzene rings is 2. The molecule has 174 valence electrons. The molecule has 1 amide bonds. The maximum absolute atomic E-state index is 13.0. The van der Waals surface area contributed by atoms with Gasteiger partial charge in [-0.2, -0.15) is 0 Å². The number of fused-ring (bicyclic) bond motifs is 1. The Kier molecular flexibility index (Phi) is 6.69. The zero-order chi connectivity index (χ0) is 23.5. The van der Waals surface area contributed by atoms with E-state index in [0.29, 0.717) is 17.0 Å². The van der Waals surface area contributed by atoms with E-state index < -0.39 is 0 Å². The van der Waals surface area contributed by atoms with Gasteiger partial charge in [0, 0.05) is 42.8 Å². The fraction of sp³-hybridized carbons (Fsp3) is 0.269. The lowest BCUT2D eigenvalue weighted by Gasteiger charge is -2.37. The summed E-state index contributed by atoms with van der Waals surface area (Å²) in [6.07, 6.45) is 0. The zero-order valence-electron chi connectivity index (χ0n) is 18.9. The summed E-state index contributed by atoms with van der Waals surface area (Å²) in [4.78, 5) is 38.5. The molecule has 1 aliphatic heterocycles. The van der Waals surface area contributed by atoms with E-state index in [1.54, 1.807) is 0 Å². The molecule has 1 unspecified atom stereocenters. The lowest BCUT2D eigenvalue weighted by atomic mass is 10.1. The molecule has 1 atom stereocenters. The molecule has 6 nitrogen and oxygen atoms in total. The standard InChI is InChI=1S/C26H26N4O2S2/c1-18(26(32)30-14-12-29(13-15-30)20-10-6-3-7-11-20)33-17-22-27-24(31)23-21(16-34-25(23)28-22)19-8-4-2-5-9-19/h2-11,16,18H,12-15,17H2,1H3,(H,27,28,31).